The first-order chi connectivity index (χ1) is 18.5. The Morgan fingerprint density at radius 2 is 1.92 bits per heavy atom. The van der Waals surface area contributed by atoms with E-state index in [0.29, 0.717) is 22.7 Å². The molecule has 0 saturated heterocycles. The van der Waals surface area contributed by atoms with E-state index in [0.717, 1.165) is 61.3 Å². The Balaban J connectivity index is 1.18. The fourth-order valence-corrected chi connectivity index (χ4v) is 7.57. The van der Waals surface area contributed by atoms with Crippen molar-refractivity contribution < 1.29 is 9.18 Å². The molecule has 1 atom stereocenters. The van der Waals surface area contributed by atoms with Crippen molar-refractivity contribution in [2.45, 2.75) is 76.7 Å². The molecule has 1 aliphatic heterocycles. The summed E-state index contributed by atoms with van der Waals surface area (Å²) in [6.07, 6.45) is 14.3. The Bertz CT molecular complexity index is 1510. The second-order valence-electron chi connectivity index (χ2n) is 11.5. The number of hydrogen-bond donors (Lipinski definition) is 0. The van der Waals surface area contributed by atoms with Crippen LogP contribution in [0.25, 0.3) is 16.9 Å². The number of carbonyl (C=O) groups is 1. The molecule has 6 heteroatoms. The first kappa shape index (κ1) is 24.1. The standard InChI is InChI=1S/C32H34FN3OS/c1-20-25-13-15-38-30(25)12-14-36(20)32(37)24-17-27(23-9-10-23)31-34-29(19-35(31)18-24)26-11-8-22(16-28(26)33)7-6-21-4-2-3-5-21/h8,11,13,15-21,23H,2-7,9-10,12,14H2,1H3/t20-/m1/s1. The summed E-state index contributed by atoms with van der Waals surface area (Å²) in [6.45, 7) is 2.86. The number of halogens is 1. The monoisotopic (exact) mass is 527 g/mol. The molecule has 7 rings (SSSR count). The van der Waals surface area contributed by atoms with Crippen molar-refractivity contribution >= 4 is 22.9 Å². The van der Waals surface area contributed by atoms with Gasteiger partial charge in [-0.2, -0.15) is 0 Å². The molecule has 196 valence electrons. The highest BCUT2D eigenvalue weighted by Crippen LogP contribution is 2.43. The lowest BCUT2D eigenvalue weighted by molar-refractivity contribution is 0.0678. The summed E-state index contributed by atoms with van der Waals surface area (Å²) in [5, 5.41) is 2.13. The number of amides is 1. The van der Waals surface area contributed by atoms with Gasteiger partial charge in [0.1, 0.15) is 11.5 Å². The van der Waals surface area contributed by atoms with Crippen LogP contribution in [0, 0.1) is 11.7 Å². The number of pyridine rings is 1. The molecule has 0 N–H and O–H groups in total. The number of nitrogens with zero attached hydrogens (tertiary/aromatic N) is 3. The minimum atomic E-state index is -0.213. The van der Waals surface area contributed by atoms with Crippen LogP contribution in [-0.2, 0) is 12.8 Å². The summed E-state index contributed by atoms with van der Waals surface area (Å²) in [6, 6.07) is 9.91. The molecular formula is C32H34FN3OS. The van der Waals surface area contributed by atoms with Crippen LogP contribution in [-0.4, -0.2) is 26.7 Å². The highest BCUT2D eigenvalue weighted by Gasteiger charge is 2.32. The van der Waals surface area contributed by atoms with Gasteiger partial charge in [-0.1, -0.05) is 31.7 Å². The maximum Gasteiger partial charge on any atom is 0.255 e. The fraction of sp³-hybridized carbons (Fsp3) is 0.438. The van der Waals surface area contributed by atoms with E-state index in [-0.39, 0.29) is 17.8 Å². The third-order valence-electron chi connectivity index (χ3n) is 9.01. The predicted molar refractivity (Wildman–Crippen MR) is 150 cm³/mol. The van der Waals surface area contributed by atoms with E-state index in [1.54, 1.807) is 17.4 Å². The number of aryl methyl sites for hydroxylation is 1. The maximum atomic E-state index is 15.3. The number of benzene rings is 1. The molecule has 0 radical (unpaired) electrons. The molecule has 3 aromatic heterocycles. The van der Waals surface area contributed by atoms with Gasteiger partial charge in [0.15, 0.2) is 0 Å². The largest absolute Gasteiger partial charge is 0.331 e. The topological polar surface area (TPSA) is 37.6 Å². The molecule has 0 bridgehead atoms. The normalized spacial score (nSPS) is 19.8. The van der Waals surface area contributed by atoms with Gasteiger partial charge in [0, 0.05) is 29.4 Å². The van der Waals surface area contributed by atoms with E-state index < -0.39 is 0 Å². The predicted octanol–water partition coefficient (Wildman–Crippen LogP) is 7.96. The first-order valence-corrected chi connectivity index (χ1v) is 15.1. The van der Waals surface area contributed by atoms with Crippen LogP contribution in [0.15, 0.2) is 48.1 Å². The highest BCUT2D eigenvalue weighted by atomic mass is 32.1. The molecule has 4 aromatic rings. The second kappa shape index (κ2) is 9.64. The molecule has 3 aliphatic rings. The quantitative estimate of drug-likeness (QED) is 0.255. The smallest absolute Gasteiger partial charge is 0.255 e. The van der Waals surface area contributed by atoms with Gasteiger partial charge < -0.3 is 9.30 Å². The molecule has 4 heterocycles. The van der Waals surface area contributed by atoms with Crippen LogP contribution in [0.5, 0.6) is 0 Å². The van der Waals surface area contributed by atoms with E-state index in [9.17, 15) is 4.79 Å². The Morgan fingerprint density at radius 1 is 1.08 bits per heavy atom. The lowest BCUT2D eigenvalue weighted by Crippen LogP contribution is -2.38. The van der Waals surface area contributed by atoms with Crippen LogP contribution in [0.4, 0.5) is 4.39 Å². The van der Waals surface area contributed by atoms with Gasteiger partial charge in [0.25, 0.3) is 5.91 Å². The van der Waals surface area contributed by atoms with Crippen LogP contribution in [0.2, 0.25) is 0 Å². The van der Waals surface area contributed by atoms with Crippen molar-refractivity contribution in [2.24, 2.45) is 5.92 Å². The Morgan fingerprint density at radius 3 is 2.71 bits per heavy atom. The van der Waals surface area contributed by atoms with Gasteiger partial charge in [0.05, 0.1) is 17.3 Å². The molecule has 1 amide bonds. The number of fused-ring (bicyclic) bond motifs is 2. The van der Waals surface area contributed by atoms with E-state index in [1.165, 1.54) is 36.1 Å². The SMILES string of the molecule is C[C@@H]1c2ccsc2CCN1C(=O)c1cc(C2CC2)c2nc(-c3ccc(CCC4CCCC4)cc3F)cn2c1. The van der Waals surface area contributed by atoms with E-state index in [1.807, 2.05) is 33.8 Å². The fourth-order valence-electron chi connectivity index (χ4n) is 6.61. The molecule has 1 aromatic carbocycles. The first-order valence-electron chi connectivity index (χ1n) is 14.2. The van der Waals surface area contributed by atoms with E-state index in [4.69, 9.17) is 4.98 Å². The summed E-state index contributed by atoms with van der Waals surface area (Å²) >= 11 is 1.78. The van der Waals surface area contributed by atoms with Gasteiger partial charge in [0.2, 0.25) is 0 Å². The van der Waals surface area contributed by atoms with Crippen molar-refractivity contribution in [3.8, 4) is 11.3 Å². The summed E-state index contributed by atoms with van der Waals surface area (Å²) < 4.78 is 17.3. The number of hydrogen-bond acceptors (Lipinski definition) is 3. The molecule has 2 saturated carbocycles. The molecule has 0 spiro atoms. The van der Waals surface area contributed by atoms with Crippen molar-refractivity contribution in [2.75, 3.05) is 6.54 Å². The summed E-state index contributed by atoms with van der Waals surface area (Å²) in [4.78, 5) is 22.0. The zero-order valence-electron chi connectivity index (χ0n) is 22.0. The second-order valence-corrected chi connectivity index (χ2v) is 12.5. The van der Waals surface area contributed by atoms with E-state index in [2.05, 4.69) is 24.4 Å². The number of imidazole rings is 1. The average Bonchev–Trinajstić information content (AvgIpc) is 3.29. The van der Waals surface area contributed by atoms with Crippen molar-refractivity contribution in [3.63, 3.8) is 0 Å². The highest BCUT2D eigenvalue weighted by molar-refractivity contribution is 7.10. The Kier molecular flexibility index (Phi) is 6.11. The third kappa shape index (κ3) is 4.37. The minimum absolute atomic E-state index is 0.0613. The van der Waals surface area contributed by atoms with Crippen LogP contribution >= 0.6 is 11.3 Å². The minimum Gasteiger partial charge on any atom is -0.331 e. The van der Waals surface area contributed by atoms with Crippen molar-refractivity contribution in [1.82, 2.24) is 14.3 Å². The molecule has 4 nitrogen and oxygen atoms in total. The van der Waals surface area contributed by atoms with Gasteiger partial charge in [-0.25, -0.2) is 9.37 Å². The Labute approximate surface area is 227 Å². The number of rotatable bonds is 6. The van der Waals surface area contributed by atoms with Crippen molar-refractivity contribution in [3.05, 3.63) is 81.1 Å². The zero-order valence-corrected chi connectivity index (χ0v) is 22.8. The van der Waals surface area contributed by atoms with Crippen molar-refractivity contribution in [1.29, 1.82) is 0 Å². The number of aromatic nitrogens is 2. The molecule has 2 aliphatic carbocycles. The average molecular weight is 528 g/mol. The summed E-state index contributed by atoms with van der Waals surface area (Å²) in [5.74, 6) is 1.07. The number of thiophene rings is 1. The molecule has 0 unspecified atom stereocenters. The maximum absolute atomic E-state index is 15.3. The zero-order chi connectivity index (χ0) is 25.8. The number of carbonyl (C=O) groups excluding carboxylic acids is 1. The third-order valence-corrected chi connectivity index (χ3v) is 10.0. The van der Waals surface area contributed by atoms with Gasteiger partial charge in [-0.05, 0) is 97.2 Å². The van der Waals surface area contributed by atoms with E-state index >= 15 is 4.39 Å². The van der Waals surface area contributed by atoms with Gasteiger partial charge in [-0.3, -0.25) is 4.79 Å². The van der Waals surface area contributed by atoms with Crippen LogP contribution < -0.4 is 0 Å². The molecular weight excluding hydrogens is 493 g/mol. The lowest BCUT2D eigenvalue weighted by atomic mass is 9.97. The lowest BCUT2D eigenvalue weighted by Gasteiger charge is -2.33. The molecule has 38 heavy (non-hydrogen) atoms. The molecule has 2 fully saturated rings. The summed E-state index contributed by atoms with van der Waals surface area (Å²) in [5.41, 5.74) is 6.14. The van der Waals surface area contributed by atoms with Gasteiger partial charge >= 0.3 is 0 Å². The Hall–Kier alpha value is -2.99. The van der Waals surface area contributed by atoms with Crippen LogP contribution in [0.1, 0.15) is 95.8 Å². The van der Waals surface area contributed by atoms with Crippen LogP contribution in [0.3, 0.4) is 0 Å². The van der Waals surface area contributed by atoms with Gasteiger partial charge in [-0.15, -0.1) is 11.3 Å². The summed E-state index contributed by atoms with van der Waals surface area (Å²) in [7, 11) is 0.